The van der Waals surface area contributed by atoms with E-state index in [9.17, 15) is 0 Å². The highest BCUT2D eigenvalue weighted by Gasteiger charge is 2.00. The summed E-state index contributed by atoms with van der Waals surface area (Å²) < 4.78 is 0. The van der Waals surface area contributed by atoms with Crippen molar-refractivity contribution < 1.29 is 0 Å². The molecule has 0 saturated carbocycles. The zero-order valence-electron chi connectivity index (χ0n) is 8.92. The van der Waals surface area contributed by atoms with Gasteiger partial charge in [0.15, 0.2) is 5.16 Å². The van der Waals surface area contributed by atoms with Crippen LogP contribution >= 0.6 is 11.8 Å². The van der Waals surface area contributed by atoms with Gasteiger partial charge in [0.25, 0.3) is 0 Å². The Bertz CT molecular complexity index is 429. The van der Waals surface area contributed by atoms with Crippen LogP contribution < -0.4 is 5.32 Å². The standard InChI is InChI=1S/C11H12N4S/c1-12-6-9-7-14-11(15-8-9)16-10-4-2-3-5-13-10/h2-5,7-8,12H,6H2,1H3. The van der Waals surface area contributed by atoms with Gasteiger partial charge in [0.1, 0.15) is 5.03 Å². The topological polar surface area (TPSA) is 50.7 Å². The zero-order valence-corrected chi connectivity index (χ0v) is 9.74. The molecular weight excluding hydrogens is 220 g/mol. The van der Waals surface area contributed by atoms with E-state index in [0.717, 1.165) is 22.3 Å². The molecule has 0 bridgehead atoms. The highest BCUT2D eigenvalue weighted by Crippen LogP contribution is 2.21. The van der Waals surface area contributed by atoms with Crippen LogP contribution in [-0.2, 0) is 6.54 Å². The molecule has 2 rings (SSSR count). The summed E-state index contributed by atoms with van der Waals surface area (Å²) in [6, 6.07) is 5.78. The Kier molecular flexibility index (Phi) is 3.85. The fourth-order valence-corrected chi connectivity index (χ4v) is 1.85. The first-order valence-corrected chi connectivity index (χ1v) is 5.74. The minimum absolute atomic E-state index is 0.721. The van der Waals surface area contributed by atoms with Gasteiger partial charge in [-0.25, -0.2) is 15.0 Å². The quantitative estimate of drug-likeness (QED) is 0.814. The summed E-state index contributed by atoms with van der Waals surface area (Å²) in [4.78, 5) is 12.7. The minimum Gasteiger partial charge on any atom is -0.316 e. The first kappa shape index (κ1) is 11.0. The van der Waals surface area contributed by atoms with Gasteiger partial charge in [-0.05, 0) is 30.9 Å². The maximum atomic E-state index is 4.26. The summed E-state index contributed by atoms with van der Waals surface area (Å²) in [6.07, 6.45) is 5.42. The van der Waals surface area contributed by atoms with Crippen molar-refractivity contribution in [2.24, 2.45) is 0 Å². The van der Waals surface area contributed by atoms with E-state index in [-0.39, 0.29) is 0 Å². The van der Waals surface area contributed by atoms with Crippen LogP contribution in [-0.4, -0.2) is 22.0 Å². The van der Waals surface area contributed by atoms with Crippen LogP contribution in [0.2, 0.25) is 0 Å². The molecule has 0 atom stereocenters. The molecule has 0 spiro atoms. The van der Waals surface area contributed by atoms with Gasteiger partial charge in [-0.1, -0.05) is 6.07 Å². The molecule has 2 aromatic rings. The Morgan fingerprint density at radius 3 is 2.62 bits per heavy atom. The lowest BCUT2D eigenvalue weighted by molar-refractivity contribution is 0.793. The Morgan fingerprint density at radius 2 is 2.00 bits per heavy atom. The molecule has 0 aliphatic carbocycles. The van der Waals surface area contributed by atoms with Crippen LogP contribution in [0.3, 0.4) is 0 Å². The molecule has 0 amide bonds. The van der Waals surface area contributed by atoms with E-state index >= 15 is 0 Å². The lowest BCUT2D eigenvalue weighted by Gasteiger charge is -2.01. The second-order valence-corrected chi connectivity index (χ2v) is 4.16. The number of pyridine rings is 1. The summed E-state index contributed by atoms with van der Waals surface area (Å²) >= 11 is 1.46. The summed E-state index contributed by atoms with van der Waals surface area (Å²) in [5.74, 6) is 0. The molecule has 0 saturated heterocycles. The van der Waals surface area contributed by atoms with E-state index in [4.69, 9.17) is 0 Å². The number of rotatable bonds is 4. The van der Waals surface area contributed by atoms with Crippen LogP contribution in [0, 0.1) is 0 Å². The van der Waals surface area contributed by atoms with Crippen molar-refractivity contribution in [3.63, 3.8) is 0 Å². The molecule has 0 aliphatic rings. The fourth-order valence-electron chi connectivity index (χ4n) is 1.19. The molecule has 0 unspecified atom stereocenters. The molecule has 4 nitrogen and oxygen atoms in total. The van der Waals surface area contributed by atoms with E-state index < -0.39 is 0 Å². The third kappa shape index (κ3) is 3.01. The lowest BCUT2D eigenvalue weighted by atomic mass is 10.3. The van der Waals surface area contributed by atoms with Gasteiger partial charge in [-0.3, -0.25) is 0 Å². The Balaban J connectivity index is 2.05. The maximum Gasteiger partial charge on any atom is 0.193 e. The van der Waals surface area contributed by atoms with Crippen molar-refractivity contribution in [2.45, 2.75) is 16.7 Å². The summed E-state index contributed by atoms with van der Waals surface area (Å²) in [5, 5.41) is 4.68. The van der Waals surface area contributed by atoms with Crippen LogP contribution in [0.15, 0.2) is 47.0 Å². The van der Waals surface area contributed by atoms with Crippen LogP contribution in [0.4, 0.5) is 0 Å². The molecule has 2 heterocycles. The smallest absolute Gasteiger partial charge is 0.193 e. The molecule has 16 heavy (non-hydrogen) atoms. The van der Waals surface area contributed by atoms with Crippen molar-refractivity contribution in [3.8, 4) is 0 Å². The molecule has 5 heteroatoms. The van der Waals surface area contributed by atoms with Gasteiger partial charge in [0, 0.05) is 30.7 Å². The van der Waals surface area contributed by atoms with Crippen molar-refractivity contribution in [1.29, 1.82) is 0 Å². The van der Waals surface area contributed by atoms with E-state index in [1.54, 1.807) is 6.20 Å². The first-order valence-electron chi connectivity index (χ1n) is 4.93. The van der Waals surface area contributed by atoms with Gasteiger partial charge in [0.2, 0.25) is 0 Å². The predicted octanol–water partition coefficient (Wildman–Crippen LogP) is 1.74. The van der Waals surface area contributed by atoms with Gasteiger partial charge in [0.05, 0.1) is 0 Å². The zero-order chi connectivity index (χ0) is 11.2. The number of nitrogens with zero attached hydrogens (tertiary/aromatic N) is 3. The predicted molar refractivity (Wildman–Crippen MR) is 63.2 cm³/mol. The first-order chi connectivity index (χ1) is 7.88. The summed E-state index contributed by atoms with van der Waals surface area (Å²) in [5.41, 5.74) is 1.08. The van der Waals surface area contributed by atoms with Crippen LogP contribution in [0.1, 0.15) is 5.56 Å². The SMILES string of the molecule is CNCc1cnc(Sc2ccccn2)nc1. The average Bonchev–Trinajstić information content (AvgIpc) is 2.33. The molecule has 1 N–H and O–H groups in total. The molecule has 0 aromatic carbocycles. The Hall–Kier alpha value is -1.46. The molecular formula is C11H12N4S. The van der Waals surface area contributed by atoms with Crippen LogP contribution in [0.25, 0.3) is 0 Å². The van der Waals surface area contributed by atoms with Gasteiger partial charge in [-0.2, -0.15) is 0 Å². The Labute approximate surface area is 98.6 Å². The summed E-state index contributed by atoms with van der Waals surface area (Å²) in [7, 11) is 1.90. The normalized spacial score (nSPS) is 10.3. The van der Waals surface area contributed by atoms with E-state index in [1.165, 1.54) is 11.8 Å². The average molecular weight is 232 g/mol. The number of hydrogen-bond donors (Lipinski definition) is 1. The van der Waals surface area contributed by atoms with Crippen molar-refractivity contribution >= 4 is 11.8 Å². The maximum absolute atomic E-state index is 4.26. The highest BCUT2D eigenvalue weighted by molar-refractivity contribution is 7.99. The molecule has 0 fully saturated rings. The molecule has 82 valence electrons. The van der Waals surface area contributed by atoms with Crippen molar-refractivity contribution in [1.82, 2.24) is 20.3 Å². The van der Waals surface area contributed by atoms with E-state index in [2.05, 4.69) is 20.3 Å². The Morgan fingerprint density at radius 1 is 1.19 bits per heavy atom. The number of aromatic nitrogens is 3. The van der Waals surface area contributed by atoms with Crippen LogP contribution in [0.5, 0.6) is 0 Å². The molecule has 2 aromatic heterocycles. The van der Waals surface area contributed by atoms with E-state index in [0.29, 0.717) is 0 Å². The minimum atomic E-state index is 0.721. The van der Waals surface area contributed by atoms with Gasteiger partial charge >= 0.3 is 0 Å². The monoisotopic (exact) mass is 232 g/mol. The largest absolute Gasteiger partial charge is 0.316 e. The van der Waals surface area contributed by atoms with Crippen molar-refractivity contribution in [2.75, 3.05) is 7.05 Å². The third-order valence-corrected chi connectivity index (χ3v) is 2.74. The van der Waals surface area contributed by atoms with E-state index in [1.807, 2.05) is 37.6 Å². The van der Waals surface area contributed by atoms with Crippen molar-refractivity contribution in [3.05, 3.63) is 42.4 Å². The third-order valence-electron chi connectivity index (χ3n) is 1.90. The second kappa shape index (κ2) is 5.58. The number of hydrogen-bond acceptors (Lipinski definition) is 5. The summed E-state index contributed by atoms with van der Waals surface area (Å²) in [6.45, 7) is 0.786. The highest BCUT2D eigenvalue weighted by atomic mass is 32.2. The van der Waals surface area contributed by atoms with Gasteiger partial charge in [-0.15, -0.1) is 0 Å². The van der Waals surface area contributed by atoms with Gasteiger partial charge < -0.3 is 5.32 Å². The molecule has 0 aliphatic heterocycles. The fraction of sp³-hybridized carbons (Fsp3) is 0.182. The number of nitrogens with one attached hydrogen (secondary N) is 1. The lowest BCUT2D eigenvalue weighted by Crippen LogP contribution is -2.05. The molecule has 0 radical (unpaired) electrons. The second-order valence-electron chi connectivity index (χ2n) is 3.17.